The van der Waals surface area contributed by atoms with Crippen LogP contribution < -0.4 is 5.32 Å². The van der Waals surface area contributed by atoms with Gasteiger partial charge in [0.2, 0.25) is 0 Å². The van der Waals surface area contributed by atoms with Crippen molar-refractivity contribution in [2.24, 2.45) is 5.41 Å². The zero-order valence-corrected chi connectivity index (χ0v) is 11.7. The second-order valence-corrected chi connectivity index (χ2v) is 5.52. The molecule has 0 aliphatic heterocycles. The average Bonchev–Trinajstić information content (AvgIpc) is 3.13. The van der Waals surface area contributed by atoms with Crippen molar-refractivity contribution in [2.75, 3.05) is 18.5 Å². The number of nitrogens with zero attached hydrogens (tertiary/aromatic N) is 2. The van der Waals surface area contributed by atoms with Gasteiger partial charge in [-0.3, -0.25) is 0 Å². The van der Waals surface area contributed by atoms with E-state index in [-0.39, 0.29) is 12.0 Å². The molecule has 0 spiro atoms. The highest BCUT2D eigenvalue weighted by Gasteiger charge is 2.41. The van der Waals surface area contributed by atoms with Crippen molar-refractivity contribution in [1.82, 2.24) is 9.97 Å². The molecule has 0 radical (unpaired) electrons. The third kappa shape index (κ3) is 2.93. The van der Waals surface area contributed by atoms with Crippen molar-refractivity contribution in [1.29, 1.82) is 0 Å². The highest BCUT2D eigenvalue weighted by molar-refractivity contribution is 6.30. The Labute approximate surface area is 113 Å². The van der Waals surface area contributed by atoms with Crippen molar-refractivity contribution in [2.45, 2.75) is 39.5 Å². The van der Waals surface area contributed by atoms with Crippen molar-refractivity contribution >= 4 is 17.4 Å². The molecule has 1 fully saturated rings. The predicted molar refractivity (Wildman–Crippen MR) is 73.0 cm³/mol. The Hall–Kier alpha value is -0.870. The molecule has 5 heteroatoms. The van der Waals surface area contributed by atoms with Crippen LogP contribution in [0.15, 0.2) is 0 Å². The molecular weight excluding hydrogens is 250 g/mol. The van der Waals surface area contributed by atoms with Crippen LogP contribution in [0, 0.1) is 12.3 Å². The zero-order valence-electron chi connectivity index (χ0n) is 11.0. The maximum absolute atomic E-state index is 9.30. The molecular formula is C13H20ClN3O. The minimum Gasteiger partial charge on any atom is -0.396 e. The van der Waals surface area contributed by atoms with E-state index in [1.807, 2.05) is 6.92 Å². The van der Waals surface area contributed by atoms with Gasteiger partial charge in [-0.05, 0) is 26.2 Å². The number of aliphatic hydroxyl groups excluding tert-OH is 1. The molecule has 2 rings (SSSR count). The molecule has 0 aromatic carbocycles. The van der Waals surface area contributed by atoms with E-state index in [0.717, 1.165) is 49.4 Å². The fourth-order valence-electron chi connectivity index (χ4n) is 1.88. The van der Waals surface area contributed by atoms with Crippen molar-refractivity contribution < 1.29 is 5.11 Å². The highest BCUT2D eigenvalue weighted by Crippen LogP contribution is 2.45. The first kappa shape index (κ1) is 13.6. The molecule has 0 amide bonds. The lowest BCUT2D eigenvalue weighted by Gasteiger charge is -2.15. The van der Waals surface area contributed by atoms with Crippen LogP contribution in [0.1, 0.15) is 37.6 Å². The number of aromatic nitrogens is 2. The summed E-state index contributed by atoms with van der Waals surface area (Å²) in [5.41, 5.74) is 0.944. The summed E-state index contributed by atoms with van der Waals surface area (Å²) in [6.07, 6.45) is 3.99. The van der Waals surface area contributed by atoms with Crippen molar-refractivity contribution in [3.63, 3.8) is 0 Å². The molecule has 1 aromatic rings. The first-order valence-electron chi connectivity index (χ1n) is 6.48. The van der Waals surface area contributed by atoms with E-state index in [0.29, 0.717) is 5.15 Å². The summed E-state index contributed by atoms with van der Waals surface area (Å²) < 4.78 is 0. The zero-order chi connectivity index (χ0) is 13.2. The van der Waals surface area contributed by atoms with Crippen LogP contribution in [0.2, 0.25) is 5.15 Å². The van der Waals surface area contributed by atoms with E-state index in [2.05, 4.69) is 22.2 Å². The topological polar surface area (TPSA) is 58.0 Å². The summed E-state index contributed by atoms with van der Waals surface area (Å²) in [5.74, 6) is 1.59. The minimum atomic E-state index is 0.0643. The summed E-state index contributed by atoms with van der Waals surface area (Å²) in [6, 6.07) is 0. The molecule has 1 aromatic heterocycles. The molecule has 0 bridgehead atoms. The Morgan fingerprint density at radius 3 is 2.67 bits per heavy atom. The summed E-state index contributed by atoms with van der Waals surface area (Å²) >= 11 is 6.11. The molecule has 0 atom stereocenters. The number of hydrogen-bond donors (Lipinski definition) is 2. The maximum Gasteiger partial charge on any atom is 0.137 e. The lowest BCUT2D eigenvalue weighted by atomic mass is 10.1. The van der Waals surface area contributed by atoms with Crippen molar-refractivity contribution in [3.05, 3.63) is 16.5 Å². The number of nitrogens with one attached hydrogen (secondary N) is 1. The normalized spacial score (nSPS) is 16.7. The van der Waals surface area contributed by atoms with Gasteiger partial charge in [-0.1, -0.05) is 18.5 Å². The smallest absolute Gasteiger partial charge is 0.137 e. The Balaban J connectivity index is 2.10. The third-order valence-electron chi connectivity index (χ3n) is 3.53. The van der Waals surface area contributed by atoms with Gasteiger partial charge in [0.15, 0.2) is 0 Å². The summed E-state index contributed by atoms with van der Waals surface area (Å²) in [5, 5.41) is 13.1. The molecule has 2 N–H and O–H groups in total. The molecule has 1 aliphatic carbocycles. The minimum absolute atomic E-state index is 0.0643. The molecule has 100 valence electrons. The number of anilines is 1. The number of halogens is 1. The fraction of sp³-hybridized carbons (Fsp3) is 0.692. The third-order valence-corrected chi connectivity index (χ3v) is 3.90. The SMILES string of the molecule is CCCc1nc(Cl)c(C)c(NCC2(CO)CC2)n1. The van der Waals surface area contributed by atoms with Crippen LogP contribution in [-0.4, -0.2) is 28.2 Å². The molecule has 18 heavy (non-hydrogen) atoms. The van der Waals surface area contributed by atoms with Gasteiger partial charge in [0.25, 0.3) is 0 Å². The average molecular weight is 270 g/mol. The van der Waals surface area contributed by atoms with Crippen LogP contribution in [0.5, 0.6) is 0 Å². The second-order valence-electron chi connectivity index (χ2n) is 5.17. The molecule has 1 aliphatic rings. The van der Waals surface area contributed by atoms with Gasteiger partial charge in [0, 0.05) is 23.9 Å². The molecule has 0 unspecified atom stereocenters. The van der Waals surface area contributed by atoms with E-state index in [4.69, 9.17) is 11.6 Å². The van der Waals surface area contributed by atoms with Gasteiger partial charge >= 0.3 is 0 Å². The fourth-order valence-corrected chi connectivity index (χ4v) is 2.07. The Kier molecular flexibility index (Phi) is 4.07. The van der Waals surface area contributed by atoms with Gasteiger partial charge < -0.3 is 10.4 Å². The van der Waals surface area contributed by atoms with Gasteiger partial charge in [-0.2, -0.15) is 0 Å². The maximum atomic E-state index is 9.30. The lowest BCUT2D eigenvalue weighted by molar-refractivity contribution is 0.219. The quantitative estimate of drug-likeness (QED) is 0.780. The molecule has 1 heterocycles. The summed E-state index contributed by atoms with van der Waals surface area (Å²) in [7, 11) is 0. The van der Waals surface area contributed by atoms with Crippen LogP contribution in [0.4, 0.5) is 5.82 Å². The van der Waals surface area contributed by atoms with Crippen LogP contribution >= 0.6 is 11.6 Å². The number of aliphatic hydroxyl groups is 1. The first-order chi connectivity index (χ1) is 8.60. The van der Waals surface area contributed by atoms with Gasteiger partial charge in [0.05, 0.1) is 6.61 Å². The predicted octanol–water partition coefficient (Wildman–Crippen LogP) is 2.58. The molecule has 0 saturated heterocycles. The number of rotatable bonds is 6. The van der Waals surface area contributed by atoms with E-state index in [1.165, 1.54) is 0 Å². The van der Waals surface area contributed by atoms with Gasteiger partial charge in [-0.15, -0.1) is 0 Å². The molecule has 1 saturated carbocycles. The van der Waals surface area contributed by atoms with E-state index in [9.17, 15) is 5.11 Å². The monoisotopic (exact) mass is 269 g/mol. The first-order valence-corrected chi connectivity index (χ1v) is 6.86. The van der Waals surface area contributed by atoms with Gasteiger partial charge in [0.1, 0.15) is 16.8 Å². The lowest BCUT2D eigenvalue weighted by Crippen LogP contribution is -2.20. The van der Waals surface area contributed by atoms with Gasteiger partial charge in [-0.25, -0.2) is 9.97 Å². The van der Waals surface area contributed by atoms with Crippen LogP contribution in [-0.2, 0) is 6.42 Å². The van der Waals surface area contributed by atoms with Crippen molar-refractivity contribution in [3.8, 4) is 0 Å². The number of hydrogen-bond acceptors (Lipinski definition) is 4. The van der Waals surface area contributed by atoms with E-state index in [1.54, 1.807) is 0 Å². The van der Waals surface area contributed by atoms with Crippen LogP contribution in [0.3, 0.4) is 0 Å². The summed E-state index contributed by atoms with van der Waals surface area (Å²) in [6.45, 7) is 5.00. The Bertz CT molecular complexity index is 432. The second kappa shape index (κ2) is 5.41. The molecule has 4 nitrogen and oxygen atoms in total. The van der Waals surface area contributed by atoms with Crippen LogP contribution in [0.25, 0.3) is 0 Å². The Morgan fingerprint density at radius 2 is 2.11 bits per heavy atom. The van der Waals surface area contributed by atoms with E-state index >= 15 is 0 Å². The number of aryl methyl sites for hydroxylation is 1. The largest absolute Gasteiger partial charge is 0.396 e. The highest BCUT2D eigenvalue weighted by atomic mass is 35.5. The Morgan fingerprint density at radius 1 is 1.39 bits per heavy atom. The van der Waals surface area contributed by atoms with E-state index < -0.39 is 0 Å². The standard InChI is InChI=1S/C13H20ClN3O/c1-3-4-10-16-11(14)9(2)12(17-10)15-7-13(8-18)5-6-13/h18H,3-8H2,1-2H3,(H,15,16,17). The summed E-state index contributed by atoms with van der Waals surface area (Å²) in [4.78, 5) is 8.77.